The van der Waals surface area contributed by atoms with E-state index >= 15 is 0 Å². The Kier molecular flexibility index (Phi) is 5.38. The lowest BCUT2D eigenvalue weighted by molar-refractivity contribution is 0.0984. The van der Waals surface area contributed by atoms with E-state index in [2.05, 4.69) is 15.5 Å². The molecular formula is C21H27N5O4S. The van der Waals surface area contributed by atoms with Crippen LogP contribution in [-0.2, 0) is 25.1 Å². The van der Waals surface area contributed by atoms with Gasteiger partial charge < -0.3 is 20.3 Å². The van der Waals surface area contributed by atoms with E-state index in [1.807, 2.05) is 19.1 Å². The summed E-state index contributed by atoms with van der Waals surface area (Å²) in [6.45, 7) is 7.21. The summed E-state index contributed by atoms with van der Waals surface area (Å²) in [5.41, 5.74) is 2.61. The van der Waals surface area contributed by atoms with Crippen LogP contribution >= 0.6 is 0 Å². The van der Waals surface area contributed by atoms with Crippen LogP contribution < -0.4 is 15.5 Å². The van der Waals surface area contributed by atoms with Crippen molar-refractivity contribution in [2.24, 2.45) is 0 Å². The van der Waals surface area contributed by atoms with E-state index < -0.39 is 14.6 Å². The molecule has 2 amide bonds. The number of aromatic nitrogens is 2. The van der Waals surface area contributed by atoms with Gasteiger partial charge in [-0.2, -0.15) is 0 Å². The summed E-state index contributed by atoms with van der Waals surface area (Å²) in [6, 6.07) is 6.93. The van der Waals surface area contributed by atoms with Gasteiger partial charge in [0, 0.05) is 30.4 Å². The third kappa shape index (κ3) is 3.74. The van der Waals surface area contributed by atoms with E-state index in [1.54, 1.807) is 33.0 Å². The summed E-state index contributed by atoms with van der Waals surface area (Å²) in [6.07, 6.45) is 0. The Bertz CT molecular complexity index is 1120. The molecular weight excluding hydrogens is 418 g/mol. The first-order valence-electron chi connectivity index (χ1n) is 10.2. The van der Waals surface area contributed by atoms with Crippen molar-refractivity contribution in [1.29, 1.82) is 0 Å². The van der Waals surface area contributed by atoms with Crippen LogP contribution in [0.4, 0.5) is 16.3 Å². The molecule has 0 radical (unpaired) electrons. The molecule has 166 valence electrons. The van der Waals surface area contributed by atoms with Crippen molar-refractivity contribution >= 4 is 27.4 Å². The number of sulfone groups is 1. The molecule has 0 spiro atoms. The molecule has 10 heteroatoms. The van der Waals surface area contributed by atoms with Gasteiger partial charge >= 0.3 is 6.03 Å². The molecule has 9 nitrogen and oxygen atoms in total. The van der Waals surface area contributed by atoms with Crippen molar-refractivity contribution in [2.45, 2.75) is 37.3 Å². The Morgan fingerprint density at radius 2 is 1.94 bits per heavy atom. The van der Waals surface area contributed by atoms with E-state index in [4.69, 9.17) is 14.7 Å². The highest BCUT2D eigenvalue weighted by atomic mass is 32.2. The van der Waals surface area contributed by atoms with Crippen molar-refractivity contribution in [1.82, 2.24) is 15.3 Å². The second-order valence-corrected chi connectivity index (χ2v) is 10.9. The van der Waals surface area contributed by atoms with Gasteiger partial charge in [-0.15, -0.1) is 0 Å². The van der Waals surface area contributed by atoms with Gasteiger partial charge in [-0.05, 0) is 45.0 Å². The third-order valence-corrected chi connectivity index (χ3v) is 8.35. The van der Waals surface area contributed by atoms with Gasteiger partial charge in [0.2, 0.25) is 0 Å². The lowest BCUT2D eigenvalue weighted by Crippen LogP contribution is -2.44. The Morgan fingerprint density at radius 3 is 2.58 bits per heavy atom. The lowest BCUT2D eigenvalue weighted by atomic mass is 10.0. The zero-order valence-electron chi connectivity index (χ0n) is 18.1. The molecule has 1 atom stereocenters. The fraction of sp³-hybridized carbons (Fsp3) is 0.476. The number of carbonyl (C=O) groups is 1. The minimum Gasteiger partial charge on any atom is -0.377 e. The summed E-state index contributed by atoms with van der Waals surface area (Å²) in [5, 5.41) is 5.22. The number of amides is 2. The Morgan fingerprint density at radius 1 is 1.23 bits per heavy atom. The molecule has 0 unspecified atom stereocenters. The molecule has 1 saturated heterocycles. The summed E-state index contributed by atoms with van der Waals surface area (Å²) in [4.78, 5) is 23.2. The Hall–Kier alpha value is -2.72. The number of nitrogens with zero attached hydrogens (tertiary/aromatic N) is 3. The highest BCUT2D eigenvalue weighted by Gasteiger charge is 2.48. The number of rotatable bonds is 3. The Balaban J connectivity index is 1.81. The van der Waals surface area contributed by atoms with E-state index in [-0.39, 0.29) is 17.8 Å². The van der Waals surface area contributed by atoms with E-state index in [0.29, 0.717) is 48.3 Å². The number of hydrogen-bond acceptors (Lipinski definition) is 7. The summed E-state index contributed by atoms with van der Waals surface area (Å²) in [7, 11) is -1.85. The number of hydrogen-bond donors (Lipinski definition) is 2. The molecule has 0 saturated carbocycles. The number of nitrogens with one attached hydrogen (secondary N) is 2. The van der Waals surface area contributed by atoms with E-state index in [1.165, 1.54) is 0 Å². The Labute approximate surface area is 182 Å². The largest absolute Gasteiger partial charge is 0.377 e. The van der Waals surface area contributed by atoms with Gasteiger partial charge in [0.15, 0.2) is 15.7 Å². The molecule has 0 bridgehead atoms. The highest BCUT2D eigenvalue weighted by Crippen LogP contribution is 2.44. The molecule has 4 rings (SSSR count). The van der Waals surface area contributed by atoms with Gasteiger partial charge in [0.25, 0.3) is 0 Å². The number of carbonyl (C=O) groups excluding carboxylic acids is 1. The summed E-state index contributed by atoms with van der Waals surface area (Å²) < 4.78 is 30.3. The maximum absolute atomic E-state index is 12.9. The zero-order valence-corrected chi connectivity index (χ0v) is 18.9. The van der Waals surface area contributed by atoms with Crippen molar-refractivity contribution in [2.75, 3.05) is 37.0 Å². The normalized spacial score (nSPS) is 21.4. The molecule has 2 aliphatic heterocycles. The second-order valence-electron chi connectivity index (χ2n) is 8.37. The number of anilines is 2. The van der Waals surface area contributed by atoms with Crippen LogP contribution in [0.1, 0.15) is 32.0 Å². The highest BCUT2D eigenvalue weighted by molar-refractivity contribution is 7.91. The number of fused-ring (bicyclic) bond motifs is 1. The van der Waals surface area contributed by atoms with Gasteiger partial charge in [-0.1, -0.05) is 0 Å². The van der Waals surface area contributed by atoms with Crippen LogP contribution in [0.3, 0.4) is 0 Å². The monoisotopic (exact) mass is 445 g/mol. The van der Waals surface area contributed by atoms with Gasteiger partial charge in [-0.25, -0.2) is 23.2 Å². The van der Waals surface area contributed by atoms with E-state index in [9.17, 15) is 13.2 Å². The molecule has 0 aliphatic carbocycles. The third-order valence-electron chi connectivity index (χ3n) is 5.94. The summed E-state index contributed by atoms with van der Waals surface area (Å²) in [5.74, 6) is 1.06. The maximum atomic E-state index is 12.9. The van der Waals surface area contributed by atoms with Crippen LogP contribution in [0, 0.1) is 0 Å². The predicted octanol–water partition coefficient (Wildman–Crippen LogP) is 2.28. The number of urea groups is 1. The lowest BCUT2D eigenvalue weighted by Gasteiger charge is -2.35. The number of morpholine rings is 1. The SMILES string of the molecule is CNC(=O)Nc1ccc(-c2nc(N3CCOC[C@@H]3C)c3c(n2)C(C)(C)S(=O)(=O)C3)cc1. The van der Waals surface area contributed by atoms with Crippen LogP contribution in [0.5, 0.6) is 0 Å². The van der Waals surface area contributed by atoms with Crippen molar-refractivity contribution in [3.8, 4) is 11.4 Å². The molecule has 2 aliphatic rings. The first kappa shape index (κ1) is 21.5. The average molecular weight is 446 g/mol. The topological polar surface area (TPSA) is 114 Å². The quantitative estimate of drug-likeness (QED) is 0.745. The first-order chi connectivity index (χ1) is 14.6. The second kappa shape index (κ2) is 7.76. The first-order valence-corrected chi connectivity index (χ1v) is 11.9. The molecule has 2 N–H and O–H groups in total. The van der Waals surface area contributed by atoms with Gasteiger partial charge in [0.05, 0.1) is 30.7 Å². The van der Waals surface area contributed by atoms with E-state index in [0.717, 1.165) is 5.56 Å². The van der Waals surface area contributed by atoms with Crippen molar-refractivity contribution < 1.29 is 17.9 Å². The molecule has 3 heterocycles. The minimum absolute atomic E-state index is 0.0655. The fourth-order valence-corrected chi connectivity index (χ4v) is 5.40. The van der Waals surface area contributed by atoms with Crippen LogP contribution in [0.2, 0.25) is 0 Å². The smallest absolute Gasteiger partial charge is 0.318 e. The van der Waals surface area contributed by atoms with Crippen molar-refractivity contribution in [3.63, 3.8) is 0 Å². The summed E-state index contributed by atoms with van der Waals surface area (Å²) >= 11 is 0. The average Bonchev–Trinajstić information content (AvgIpc) is 2.92. The standard InChI is InChI=1S/C21H27N5O4S/c1-13-11-30-10-9-26(13)19-16-12-31(28,29)21(2,3)17(16)24-18(25-19)14-5-7-15(8-6-14)23-20(27)22-4/h5-8,13H,9-12H2,1-4H3,(H2,22,23,27)/t13-/m0/s1. The number of benzene rings is 1. The molecule has 1 aromatic carbocycles. The molecule has 1 fully saturated rings. The predicted molar refractivity (Wildman–Crippen MR) is 119 cm³/mol. The zero-order chi connectivity index (χ0) is 22.4. The van der Waals surface area contributed by atoms with Gasteiger partial charge in [0.1, 0.15) is 10.6 Å². The van der Waals surface area contributed by atoms with Crippen LogP contribution in [0.15, 0.2) is 24.3 Å². The molecule has 31 heavy (non-hydrogen) atoms. The molecule has 1 aromatic heterocycles. The van der Waals surface area contributed by atoms with Crippen molar-refractivity contribution in [3.05, 3.63) is 35.5 Å². The van der Waals surface area contributed by atoms with Gasteiger partial charge in [-0.3, -0.25) is 0 Å². The maximum Gasteiger partial charge on any atom is 0.318 e. The van der Waals surface area contributed by atoms with Crippen LogP contribution in [0.25, 0.3) is 11.4 Å². The van der Waals surface area contributed by atoms with Crippen LogP contribution in [-0.4, -0.2) is 57.3 Å². The minimum atomic E-state index is -3.40. The number of ether oxygens (including phenoxy) is 1. The fourth-order valence-electron chi connectivity index (χ4n) is 3.93. The molecule has 2 aromatic rings.